The summed E-state index contributed by atoms with van der Waals surface area (Å²) < 4.78 is 10.7. The highest BCUT2D eigenvalue weighted by molar-refractivity contribution is 6.37. The van der Waals surface area contributed by atoms with E-state index in [1.165, 1.54) is 31.4 Å². The smallest absolute Gasteiger partial charge is 0.248 e. The number of carbonyl (C=O) groups is 1. The Bertz CT molecular complexity index is 682. The number of methoxy groups -OCH3 is 1. The van der Waals surface area contributed by atoms with E-state index < -0.39 is 5.91 Å². The summed E-state index contributed by atoms with van der Waals surface area (Å²) >= 11 is 12.1. The normalized spacial score (nSPS) is 10.2. The van der Waals surface area contributed by atoms with E-state index in [1.807, 2.05) is 0 Å². The number of nitrogens with two attached hydrogens (primary N) is 2. The largest absolute Gasteiger partial charge is 0.497 e. The summed E-state index contributed by atoms with van der Waals surface area (Å²) in [4.78, 5) is 11.3. The molecule has 4 N–H and O–H groups in total. The van der Waals surface area contributed by atoms with Crippen LogP contribution in [0.1, 0.15) is 10.4 Å². The average Bonchev–Trinajstić information content (AvgIpc) is 2.42. The molecule has 0 aliphatic rings. The van der Waals surface area contributed by atoms with Crippen LogP contribution in [0, 0.1) is 0 Å². The minimum Gasteiger partial charge on any atom is -0.497 e. The van der Waals surface area contributed by atoms with E-state index in [1.54, 1.807) is 6.07 Å². The number of primary amides is 1. The summed E-state index contributed by atoms with van der Waals surface area (Å²) in [5.74, 6) is 0.366. The zero-order chi connectivity index (χ0) is 15.6. The highest BCUT2D eigenvalue weighted by Gasteiger charge is 2.13. The Balaban J connectivity index is 2.44. The van der Waals surface area contributed by atoms with E-state index >= 15 is 0 Å². The lowest BCUT2D eigenvalue weighted by molar-refractivity contribution is 0.0999. The maximum absolute atomic E-state index is 11.3. The molecule has 0 spiro atoms. The van der Waals surface area contributed by atoms with E-state index in [0.29, 0.717) is 17.2 Å². The van der Waals surface area contributed by atoms with Gasteiger partial charge in [-0.3, -0.25) is 4.79 Å². The van der Waals surface area contributed by atoms with Crippen molar-refractivity contribution in [3.8, 4) is 17.2 Å². The lowest BCUT2D eigenvalue weighted by atomic mass is 10.2. The number of halogens is 2. The summed E-state index contributed by atoms with van der Waals surface area (Å²) in [5, 5.41) is 0.506. The summed E-state index contributed by atoms with van der Waals surface area (Å²) in [6, 6.07) is 7.57. The van der Waals surface area contributed by atoms with E-state index in [9.17, 15) is 4.79 Å². The fourth-order valence-electron chi connectivity index (χ4n) is 1.69. The van der Waals surface area contributed by atoms with Crippen LogP contribution in [0.25, 0.3) is 0 Å². The standard InChI is InChI=1S/C14H12Cl2N2O3/c1-20-9-2-7(14(18)19)3-10(6-9)21-13-11(15)4-8(17)5-12(13)16/h2-6H,17H2,1H3,(H2,18,19). The second-order valence-electron chi connectivity index (χ2n) is 4.18. The molecule has 0 saturated carbocycles. The predicted molar refractivity (Wildman–Crippen MR) is 82.5 cm³/mol. The number of ether oxygens (including phenoxy) is 2. The van der Waals surface area contributed by atoms with Gasteiger partial charge in [0, 0.05) is 17.3 Å². The predicted octanol–water partition coefficient (Wildman–Crippen LogP) is 3.48. The van der Waals surface area contributed by atoms with Crippen molar-refractivity contribution in [2.24, 2.45) is 5.73 Å². The number of carbonyl (C=O) groups excluding carboxylic acids is 1. The van der Waals surface area contributed by atoms with Crippen LogP contribution in [0.5, 0.6) is 17.2 Å². The summed E-state index contributed by atoms with van der Waals surface area (Å²) in [6.07, 6.45) is 0. The van der Waals surface area contributed by atoms with Crippen molar-refractivity contribution in [3.63, 3.8) is 0 Å². The monoisotopic (exact) mass is 326 g/mol. The second-order valence-corrected chi connectivity index (χ2v) is 4.99. The van der Waals surface area contributed by atoms with Crippen LogP contribution in [0.3, 0.4) is 0 Å². The van der Waals surface area contributed by atoms with Crippen LogP contribution in [0.4, 0.5) is 5.69 Å². The quantitative estimate of drug-likeness (QED) is 0.842. The number of nitrogen functional groups attached to an aromatic ring is 1. The molecule has 0 atom stereocenters. The first-order valence-corrected chi connectivity index (χ1v) is 6.57. The first-order valence-electron chi connectivity index (χ1n) is 5.82. The molecule has 0 aromatic heterocycles. The van der Waals surface area contributed by atoms with Gasteiger partial charge in [-0.25, -0.2) is 0 Å². The lowest BCUT2D eigenvalue weighted by Crippen LogP contribution is -2.11. The van der Waals surface area contributed by atoms with Crippen molar-refractivity contribution >= 4 is 34.8 Å². The summed E-state index contributed by atoms with van der Waals surface area (Å²) in [6.45, 7) is 0. The second kappa shape index (κ2) is 6.11. The number of hydrogen-bond acceptors (Lipinski definition) is 4. The van der Waals surface area contributed by atoms with Crippen molar-refractivity contribution in [1.82, 2.24) is 0 Å². The average molecular weight is 327 g/mol. The molecule has 7 heteroatoms. The van der Waals surface area contributed by atoms with Gasteiger partial charge in [0.1, 0.15) is 11.5 Å². The SMILES string of the molecule is COc1cc(Oc2c(Cl)cc(N)cc2Cl)cc(C(N)=O)c1. The Hall–Kier alpha value is -2.11. The molecule has 0 heterocycles. The van der Waals surface area contributed by atoms with Crippen LogP contribution in [-0.2, 0) is 0 Å². The topological polar surface area (TPSA) is 87.6 Å². The summed E-state index contributed by atoms with van der Waals surface area (Å²) in [7, 11) is 1.47. The molecule has 2 aromatic rings. The number of rotatable bonds is 4. The number of hydrogen-bond donors (Lipinski definition) is 2. The number of amides is 1. The Labute approximate surface area is 131 Å². The fraction of sp³-hybridized carbons (Fsp3) is 0.0714. The van der Waals surface area contributed by atoms with Gasteiger partial charge in [0.05, 0.1) is 17.2 Å². The molecule has 1 amide bonds. The van der Waals surface area contributed by atoms with Gasteiger partial charge in [0.2, 0.25) is 5.91 Å². The zero-order valence-corrected chi connectivity index (χ0v) is 12.5. The van der Waals surface area contributed by atoms with E-state index in [0.717, 1.165) is 0 Å². The molecule has 21 heavy (non-hydrogen) atoms. The van der Waals surface area contributed by atoms with Gasteiger partial charge in [0.15, 0.2) is 5.75 Å². The molecule has 2 aromatic carbocycles. The third-order valence-electron chi connectivity index (χ3n) is 2.64. The Kier molecular flexibility index (Phi) is 4.45. The molecule has 0 unspecified atom stereocenters. The molecule has 5 nitrogen and oxygen atoms in total. The molecule has 0 bridgehead atoms. The zero-order valence-electron chi connectivity index (χ0n) is 11.0. The van der Waals surface area contributed by atoms with E-state index in [2.05, 4.69) is 0 Å². The Morgan fingerprint density at radius 2 is 1.62 bits per heavy atom. The van der Waals surface area contributed by atoms with E-state index in [-0.39, 0.29) is 21.4 Å². The molecule has 0 radical (unpaired) electrons. The van der Waals surface area contributed by atoms with Crippen molar-refractivity contribution in [3.05, 3.63) is 45.9 Å². The van der Waals surface area contributed by atoms with Crippen LogP contribution in [0.2, 0.25) is 10.0 Å². The van der Waals surface area contributed by atoms with Gasteiger partial charge < -0.3 is 20.9 Å². The van der Waals surface area contributed by atoms with Crippen LogP contribution < -0.4 is 20.9 Å². The number of benzene rings is 2. The Morgan fingerprint density at radius 1 is 1.05 bits per heavy atom. The lowest BCUT2D eigenvalue weighted by Gasteiger charge is -2.12. The highest BCUT2D eigenvalue weighted by Crippen LogP contribution is 2.39. The van der Waals surface area contributed by atoms with Gasteiger partial charge >= 0.3 is 0 Å². The molecule has 2 rings (SSSR count). The molecule has 0 aliphatic carbocycles. The third-order valence-corrected chi connectivity index (χ3v) is 3.20. The summed E-state index contributed by atoms with van der Waals surface area (Å²) in [5.41, 5.74) is 11.5. The molecule has 110 valence electrons. The van der Waals surface area contributed by atoms with Crippen molar-refractivity contribution in [2.45, 2.75) is 0 Å². The molecule has 0 fully saturated rings. The maximum Gasteiger partial charge on any atom is 0.248 e. The minimum atomic E-state index is -0.603. The Morgan fingerprint density at radius 3 is 2.14 bits per heavy atom. The maximum atomic E-state index is 11.3. The van der Waals surface area contributed by atoms with Gasteiger partial charge in [-0.15, -0.1) is 0 Å². The van der Waals surface area contributed by atoms with Gasteiger partial charge in [-0.1, -0.05) is 23.2 Å². The first kappa shape index (κ1) is 15.3. The van der Waals surface area contributed by atoms with Crippen LogP contribution >= 0.6 is 23.2 Å². The minimum absolute atomic E-state index is 0.233. The molecular weight excluding hydrogens is 315 g/mol. The van der Waals surface area contributed by atoms with Gasteiger partial charge in [-0.05, 0) is 24.3 Å². The molecule has 0 saturated heterocycles. The molecular formula is C14H12Cl2N2O3. The molecule has 0 aliphatic heterocycles. The fourth-order valence-corrected chi connectivity index (χ4v) is 2.27. The third kappa shape index (κ3) is 3.51. The van der Waals surface area contributed by atoms with Crippen molar-refractivity contribution in [1.29, 1.82) is 0 Å². The number of anilines is 1. The van der Waals surface area contributed by atoms with Crippen LogP contribution in [-0.4, -0.2) is 13.0 Å². The van der Waals surface area contributed by atoms with Crippen molar-refractivity contribution < 1.29 is 14.3 Å². The van der Waals surface area contributed by atoms with Crippen LogP contribution in [0.15, 0.2) is 30.3 Å². The van der Waals surface area contributed by atoms with Gasteiger partial charge in [0.25, 0.3) is 0 Å². The van der Waals surface area contributed by atoms with E-state index in [4.69, 9.17) is 44.1 Å². The first-order chi connectivity index (χ1) is 9.90. The van der Waals surface area contributed by atoms with Gasteiger partial charge in [-0.2, -0.15) is 0 Å². The van der Waals surface area contributed by atoms with Crippen molar-refractivity contribution in [2.75, 3.05) is 12.8 Å². The highest BCUT2D eigenvalue weighted by atomic mass is 35.5.